The molecule has 102 valence electrons. The van der Waals surface area contributed by atoms with E-state index in [0.717, 1.165) is 25.5 Å². The largest absolute Gasteiger partial charge is 0.356 e. The predicted octanol–water partition coefficient (Wildman–Crippen LogP) is 2.90. The Morgan fingerprint density at radius 1 is 1.22 bits per heavy atom. The minimum absolute atomic E-state index is 0.545. The molecule has 0 fully saturated rings. The molecule has 0 spiro atoms. The molecule has 0 aliphatic rings. The second kappa shape index (κ2) is 6.74. The van der Waals surface area contributed by atoms with Crippen LogP contribution in [-0.2, 0) is 0 Å². The van der Waals surface area contributed by atoms with E-state index in [0.29, 0.717) is 5.92 Å². The lowest BCUT2D eigenvalue weighted by Gasteiger charge is -2.24. The van der Waals surface area contributed by atoms with Crippen LogP contribution < -0.4 is 4.90 Å². The Morgan fingerprint density at radius 3 is 2.33 bits per heavy atom. The SMILES string of the molecule is CCN(CCN(C)C)c1cc(C)c(C(C)C)cn1. The van der Waals surface area contributed by atoms with Gasteiger partial charge in [-0.3, -0.25) is 0 Å². The lowest BCUT2D eigenvalue weighted by molar-refractivity contribution is 0.413. The van der Waals surface area contributed by atoms with Crippen molar-refractivity contribution >= 4 is 5.82 Å². The van der Waals surface area contributed by atoms with Crippen molar-refractivity contribution in [2.45, 2.75) is 33.6 Å². The fourth-order valence-electron chi connectivity index (χ4n) is 2.08. The van der Waals surface area contributed by atoms with Gasteiger partial charge in [0.15, 0.2) is 0 Å². The molecule has 0 amide bonds. The molecule has 0 aliphatic heterocycles. The molecule has 0 bridgehead atoms. The zero-order valence-corrected chi connectivity index (χ0v) is 12.7. The molecule has 0 saturated heterocycles. The van der Waals surface area contributed by atoms with Gasteiger partial charge in [-0.1, -0.05) is 13.8 Å². The minimum Gasteiger partial charge on any atom is -0.356 e. The van der Waals surface area contributed by atoms with Gasteiger partial charge in [0.1, 0.15) is 5.82 Å². The van der Waals surface area contributed by atoms with E-state index in [-0.39, 0.29) is 0 Å². The molecule has 1 heterocycles. The fourth-order valence-corrected chi connectivity index (χ4v) is 2.08. The van der Waals surface area contributed by atoms with Crippen molar-refractivity contribution in [3.63, 3.8) is 0 Å². The van der Waals surface area contributed by atoms with Crippen LogP contribution in [0.1, 0.15) is 37.8 Å². The van der Waals surface area contributed by atoms with E-state index >= 15 is 0 Å². The van der Waals surface area contributed by atoms with Crippen LogP contribution in [0, 0.1) is 6.92 Å². The van der Waals surface area contributed by atoms with E-state index < -0.39 is 0 Å². The van der Waals surface area contributed by atoms with Crippen molar-refractivity contribution in [3.8, 4) is 0 Å². The third-order valence-electron chi connectivity index (χ3n) is 3.28. The van der Waals surface area contributed by atoms with Crippen molar-refractivity contribution < 1.29 is 0 Å². The Bertz CT molecular complexity index is 372. The smallest absolute Gasteiger partial charge is 0.128 e. The standard InChI is InChI=1S/C15H27N3/c1-7-18(9-8-17(5)6)15-10-13(4)14(11-16-15)12(2)3/h10-12H,7-9H2,1-6H3. The van der Waals surface area contributed by atoms with Gasteiger partial charge < -0.3 is 9.80 Å². The summed E-state index contributed by atoms with van der Waals surface area (Å²) < 4.78 is 0. The molecule has 0 N–H and O–H groups in total. The van der Waals surface area contributed by atoms with E-state index in [9.17, 15) is 0 Å². The molecule has 0 aliphatic carbocycles. The summed E-state index contributed by atoms with van der Waals surface area (Å²) in [6, 6.07) is 2.22. The normalized spacial score (nSPS) is 11.3. The van der Waals surface area contributed by atoms with Crippen molar-refractivity contribution in [2.75, 3.05) is 38.6 Å². The second-order valence-corrected chi connectivity index (χ2v) is 5.44. The highest BCUT2D eigenvalue weighted by Crippen LogP contribution is 2.21. The lowest BCUT2D eigenvalue weighted by atomic mass is 10.0. The van der Waals surface area contributed by atoms with Crippen LogP contribution in [0.15, 0.2) is 12.3 Å². The quantitative estimate of drug-likeness (QED) is 0.773. The highest BCUT2D eigenvalue weighted by atomic mass is 15.2. The zero-order valence-electron chi connectivity index (χ0n) is 12.7. The van der Waals surface area contributed by atoms with Crippen molar-refractivity contribution in [1.82, 2.24) is 9.88 Å². The first-order chi connectivity index (χ1) is 8.45. The van der Waals surface area contributed by atoms with Crippen molar-refractivity contribution in [2.24, 2.45) is 0 Å². The van der Waals surface area contributed by atoms with Crippen molar-refractivity contribution in [3.05, 3.63) is 23.4 Å². The Morgan fingerprint density at radius 2 is 1.89 bits per heavy atom. The number of aryl methyl sites for hydroxylation is 1. The molecule has 0 radical (unpaired) electrons. The molecular weight excluding hydrogens is 222 g/mol. The first-order valence-electron chi connectivity index (χ1n) is 6.82. The molecule has 0 unspecified atom stereocenters. The van der Waals surface area contributed by atoms with Gasteiger partial charge in [0, 0.05) is 25.8 Å². The molecule has 1 aromatic rings. The maximum atomic E-state index is 4.62. The summed E-state index contributed by atoms with van der Waals surface area (Å²) in [5.74, 6) is 1.64. The van der Waals surface area contributed by atoms with Gasteiger partial charge >= 0.3 is 0 Å². The molecule has 3 heteroatoms. The predicted molar refractivity (Wildman–Crippen MR) is 79.5 cm³/mol. The van der Waals surface area contributed by atoms with E-state index in [1.54, 1.807) is 0 Å². The first-order valence-corrected chi connectivity index (χ1v) is 6.82. The Balaban J connectivity index is 2.84. The summed E-state index contributed by atoms with van der Waals surface area (Å²) in [4.78, 5) is 9.15. The van der Waals surface area contributed by atoms with Crippen LogP contribution >= 0.6 is 0 Å². The van der Waals surface area contributed by atoms with E-state index in [1.165, 1.54) is 11.1 Å². The van der Waals surface area contributed by atoms with Crippen LogP contribution in [0.5, 0.6) is 0 Å². The fraction of sp³-hybridized carbons (Fsp3) is 0.667. The zero-order chi connectivity index (χ0) is 13.7. The van der Waals surface area contributed by atoms with Gasteiger partial charge in [0.25, 0.3) is 0 Å². The van der Waals surface area contributed by atoms with Crippen LogP contribution in [0.2, 0.25) is 0 Å². The average molecular weight is 249 g/mol. The Labute approximate surface area is 112 Å². The van der Waals surface area contributed by atoms with Gasteiger partial charge in [-0.25, -0.2) is 4.98 Å². The number of hydrogen-bond acceptors (Lipinski definition) is 3. The highest BCUT2D eigenvalue weighted by Gasteiger charge is 2.10. The minimum atomic E-state index is 0.545. The number of anilines is 1. The number of hydrogen-bond donors (Lipinski definition) is 0. The number of aromatic nitrogens is 1. The van der Waals surface area contributed by atoms with Crippen LogP contribution in [-0.4, -0.2) is 43.6 Å². The van der Waals surface area contributed by atoms with Gasteiger partial charge in [-0.2, -0.15) is 0 Å². The molecule has 3 nitrogen and oxygen atoms in total. The number of likely N-dealkylation sites (N-methyl/N-ethyl adjacent to an activating group) is 2. The summed E-state index contributed by atoms with van der Waals surface area (Å²) in [5, 5.41) is 0. The van der Waals surface area contributed by atoms with E-state index in [2.05, 4.69) is 62.6 Å². The van der Waals surface area contributed by atoms with Gasteiger partial charge in [0.2, 0.25) is 0 Å². The number of nitrogens with zero attached hydrogens (tertiary/aromatic N) is 3. The molecule has 1 aromatic heterocycles. The maximum absolute atomic E-state index is 4.62. The molecule has 0 saturated carbocycles. The molecule has 0 aromatic carbocycles. The van der Waals surface area contributed by atoms with Crippen LogP contribution in [0.25, 0.3) is 0 Å². The number of pyridine rings is 1. The summed E-state index contributed by atoms with van der Waals surface area (Å²) in [7, 11) is 4.21. The van der Waals surface area contributed by atoms with Crippen LogP contribution in [0.4, 0.5) is 5.82 Å². The lowest BCUT2D eigenvalue weighted by Crippen LogP contribution is -2.32. The second-order valence-electron chi connectivity index (χ2n) is 5.44. The topological polar surface area (TPSA) is 19.4 Å². The van der Waals surface area contributed by atoms with Gasteiger partial charge in [-0.05, 0) is 51.1 Å². The molecule has 1 rings (SSSR count). The van der Waals surface area contributed by atoms with Gasteiger partial charge in [0.05, 0.1) is 0 Å². The highest BCUT2D eigenvalue weighted by molar-refractivity contribution is 5.44. The van der Waals surface area contributed by atoms with E-state index in [1.807, 2.05) is 6.20 Å². The Hall–Kier alpha value is -1.09. The summed E-state index contributed by atoms with van der Waals surface area (Å²) in [6.45, 7) is 11.9. The third-order valence-corrected chi connectivity index (χ3v) is 3.28. The monoisotopic (exact) mass is 249 g/mol. The summed E-state index contributed by atoms with van der Waals surface area (Å²) >= 11 is 0. The summed E-state index contributed by atoms with van der Waals surface area (Å²) in [5.41, 5.74) is 2.70. The third kappa shape index (κ3) is 3.98. The van der Waals surface area contributed by atoms with E-state index in [4.69, 9.17) is 0 Å². The summed E-state index contributed by atoms with van der Waals surface area (Å²) in [6.07, 6.45) is 2.04. The Kier molecular flexibility index (Phi) is 5.60. The van der Waals surface area contributed by atoms with Gasteiger partial charge in [-0.15, -0.1) is 0 Å². The average Bonchev–Trinajstić information content (AvgIpc) is 2.29. The molecule has 0 atom stereocenters. The van der Waals surface area contributed by atoms with Crippen molar-refractivity contribution in [1.29, 1.82) is 0 Å². The maximum Gasteiger partial charge on any atom is 0.128 e. The first kappa shape index (κ1) is 15.0. The van der Waals surface area contributed by atoms with Crippen LogP contribution in [0.3, 0.4) is 0 Å². The molecular formula is C15H27N3. The molecule has 18 heavy (non-hydrogen) atoms. The number of rotatable bonds is 6.